The van der Waals surface area contributed by atoms with E-state index in [1.165, 1.54) is 13.2 Å². The zero-order valence-electron chi connectivity index (χ0n) is 10.3. The normalized spacial score (nSPS) is 12.2. The summed E-state index contributed by atoms with van der Waals surface area (Å²) < 4.78 is 19.1. The lowest BCUT2D eigenvalue weighted by Gasteiger charge is -2.15. The van der Waals surface area contributed by atoms with Gasteiger partial charge < -0.3 is 4.74 Å². The molecule has 0 aliphatic carbocycles. The molecule has 0 aromatic heterocycles. The Morgan fingerprint density at radius 2 is 1.78 bits per heavy atom. The molecular weight excluding hydrogens is 251 g/mol. The van der Waals surface area contributed by atoms with Gasteiger partial charge in [0.05, 0.1) is 18.1 Å². The average molecular weight is 265 g/mol. The van der Waals surface area contributed by atoms with Gasteiger partial charge in [0, 0.05) is 0 Å². The molecule has 1 atom stereocenters. The first-order chi connectivity index (χ1) is 8.63. The molecular formula is C15H14ClFO. The monoisotopic (exact) mass is 264 g/mol. The van der Waals surface area contributed by atoms with E-state index in [2.05, 4.69) is 0 Å². The van der Waals surface area contributed by atoms with Gasteiger partial charge in [-0.25, -0.2) is 4.39 Å². The summed E-state index contributed by atoms with van der Waals surface area (Å²) in [5, 5.41) is -0.554. The number of hydrogen-bond acceptors (Lipinski definition) is 1. The Morgan fingerprint density at radius 3 is 2.39 bits per heavy atom. The topological polar surface area (TPSA) is 9.23 Å². The largest absolute Gasteiger partial charge is 0.496 e. The summed E-state index contributed by atoms with van der Waals surface area (Å²) in [7, 11) is 1.51. The molecule has 0 spiro atoms. The van der Waals surface area contributed by atoms with Crippen molar-refractivity contribution in [3.05, 3.63) is 65.0 Å². The molecule has 0 heterocycles. The molecule has 0 N–H and O–H groups in total. The highest BCUT2D eigenvalue weighted by molar-refractivity contribution is 6.22. The number of methoxy groups -OCH3 is 1. The van der Waals surface area contributed by atoms with Crippen molar-refractivity contribution < 1.29 is 9.13 Å². The van der Waals surface area contributed by atoms with Crippen molar-refractivity contribution in [3.8, 4) is 5.75 Å². The highest BCUT2D eigenvalue weighted by Crippen LogP contribution is 2.36. The van der Waals surface area contributed by atoms with E-state index in [9.17, 15) is 4.39 Å². The fraction of sp³-hybridized carbons (Fsp3) is 0.200. The van der Waals surface area contributed by atoms with E-state index in [0.29, 0.717) is 11.3 Å². The first kappa shape index (κ1) is 12.9. The van der Waals surface area contributed by atoms with Gasteiger partial charge in [-0.3, -0.25) is 0 Å². The third-order valence-electron chi connectivity index (χ3n) is 2.86. The SMILES string of the molecule is COc1cccc(F)c1C(Cl)c1ccc(C)cc1. The van der Waals surface area contributed by atoms with Crippen LogP contribution in [-0.2, 0) is 0 Å². The molecule has 1 nitrogen and oxygen atoms in total. The van der Waals surface area contributed by atoms with Crippen LogP contribution in [0.1, 0.15) is 22.1 Å². The van der Waals surface area contributed by atoms with Crippen molar-refractivity contribution >= 4 is 11.6 Å². The Bertz CT molecular complexity index is 537. The number of halogens is 2. The fourth-order valence-corrected chi connectivity index (χ4v) is 2.20. The molecule has 2 rings (SSSR count). The maximum Gasteiger partial charge on any atom is 0.131 e. The van der Waals surface area contributed by atoms with Crippen LogP contribution in [0, 0.1) is 12.7 Å². The maximum absolute atomic E-state index is 13.9. The lowest BCUT2D eigenvalue weighted by molar-refractivity contribution is 0.405. The third-order valence-corrected chi connectivity index (χ3v) is 3.33. The predicted octanol–water partition coefficient (Wildman–Crippen LogP) is 4.47. The van der Waals surface area contributed by atoms with Crippen LogP contribution in [0.4, 0.5) is 4.39 Å². The van der Waals surface area contributed by atoms with Crippen LogP contribution >= 0.6 is 11.6 Å². The van der Waals surface area contributed by atoms with Crippen molar-refractivity contribution in [2.45, 2.75) is 12.3 Å². The van der Waals surface area contributed by atoms with Crippen LogP contribution in [0.2, 0.25) is 0 Å². The van der Waals surface area contributed by atoms with E-state index in [-0.39, 0.29) is 5.82 Å². The first-order valence-corrected chi connectivity index (χ1v) is 6.10. The Hall–Kier alpha value is -1.54. The number of hydrogen-bond donors (Lipinski definition) is 0. The predicted molar refractivity (Wildman–Crippen MR) is 71.8 cm³/mol. The second-order valence-electron chi connectivity index (χ2n) is 4.13. The molecule has 1 unspecified atom stereocenters. The molecule has 18 heavy (non-hydrogen) atoms. The molecule has 2 aromatic rings. The minimum Gasteiger partial charge on any atom is -0.496 e. The molecule has 0 saturated carbocycles. The van der Waals surface area contributed by atoms with Gasteiger partial charge in [0.25, 0.3) is 0 Å². The molecule has 2 aromatic carbocycles. The van der Waals surface area contributed by atoms with E-state index < -0.39 is 5.38 Å². The van der Waals surface area contributed by atoms with Gasteiger partial charge in [0.1, 0.15) is 11.6 Å². The molecule has 0 aliphatic rings. The quantitative estimate of drug-likeness (QED) is 0.743. The van der Waals surface area contributed by atoms with Gasteiger partial charge in [0.2, 0.25) is 0 Å². The summed E-state index contributed by atoms with van der Waals surface area (Å²) in [6.07, 6.45) is 0. The molecule has 0 fully saturated rings. The first-order valence-electron chi connectivity index (χ1n) is 5.66. The second-order valence-corrected chi connectivity index (χ2v) is 4.57. The Kier molecular flexibility index (Phi) is 3.87. The van der Waals surface area contributed by atoms with E-state index in [4.69, 9.17) is 16.3 Å². The van der Waals surface area contributed by atoms with E-state index in [0.717, 1.165) is 11.1 Å². The maximum atomic E-state index is 13.9. The molecule has 94 valence electrons. The summed E-state index contributed by atoms with van der Waals surface area (Å²) in [5.74, 6) is 0.116. The Balaban J connectivity index is 2.45. The highest BCUT2D eigenvalue weighted by Gasteiger charge is 2.19. The third kappa shape index (κ3) is 2.49. The zero-order chi connectivity index (χ0) is 13.1. The van der Waals surface area contributed by atoms with E-state index in [1.54, 1.807) is 12.1 Å². The molecule has 0 saturated heterocycles. The molecule has 0 aliphatic heterocycles. The minimum atomic E-state index is -0.554. The Morgan fingerprint density at radius 1 is 1.11 bits per heavy atom. The van der Waals surface area contributed by atoms with Crippen LogP contribution in [0.5, 0.6) is 5.75 Å². The molecule has 0 radical (unpaired) electrons. The van der Waals surface area contributed by atoms with Gasteiger partial charge >= 0.3 is 0 Å². The van der Waals surface area contributed by atoms with Crippen LogP contribution < -0.4 is 4.74 Å². The number of alkyl halides is 1. The number of benzene rings is 2. The molecule has 0 amide bonds. The van der Waals surface area contributed by atoms with Crippen molar-refractivity contribution in [2.75, 3.05) is 7.11 Å². The number of rotatable bonds is 3. The van der Waals surface area contributed by atoms with Crippen molar-refractivity contribution in [1.29, 1.82) is 0 Å². The number of ether oxygens (including phenoxy) is 1. The average Bonchev–Trinajstić information content (AvgIpc) is 2.38. The summed E-state index contributed by atoms with van der Waals surface area (Å²) >= 11 is 6.35. The summed E-state index contributed by atoms with van der Waals surface area (Å²) in [6.45, 7) is 2.00. The minimum absolute atomic E-state index is 0.352. The molecule has 0 bridgehead atoms. The standard InChI is InChI=1S/C15H14ClFO/c1-10-6-8-11(9-7-10)15(16)14-12(17)4-3-5-13(14)18-2/h3-9,15H,1-2H3. The smallest absolute Gasteiger partial charge is 0.131 e. The van der Waals surface area contributed by atoms with Gasteiger partial charge in [-0.1, -0.05) is 35.9 Å². The second kappa shape index (κ2) is 5.40. The van der Waals surface area contributed by atoms with E-state index >= 15 is 0 Å². The fourth-order valence-electron chi connectivity index (χ4n) is 1.84. The van der Waals surface area contributed by atoms with Crippen LogP contribution in [-0.4, -0.2) is 7.11 Å². The van der Waals surface area contributed by atoms with E-state index in [1.807, 2.05) is 31.2 Å². The van der Waals surface area contributed by atoms with Crippen LogP contribution in [0.25, 0.3) is 0 Å². The van der Waals surface area contributed by atoms with Crippen molar-refractivity contribution in [3.63, 3.8) is 0 Å². The van der Waals surface area contributed by atoms with Gasteiger partial charge in [-0.15, -0.1) is 11.6 Å². The molecule has 3 heteroatoms. The lowest BCUT2D eigenvalue weighted by Crippen LogP contribution is -2.00. The summed E-state index contributed by atoms with van der Waals surface area (Å²) in [6, 6.07) is 12.4. The van der Waals surface area contributed by atoms with Gasteiger partial charge in [-0.05, 0) is 24.6 Å². The highest BCUT2D eigenvalue weighted by atomic mass is 35.5. The lowest BCUT2D eigenvalue weighted by atomic mass is 10.0. The Labute approximate surface area is 111 Å². The van der Waals surface area contributed by atoms with Crippen molar-refractivity contribution in [1.82, 2.24) is 0 Å². The number of aryl methyl sites for hydroxylation is 1. The van der Waals surface area contributed by atoms with Crippen LogP contribution in [0.3, 0.4) is 0 Å². The zero-order valence-corrected chi connectivity index (χ0v) is 11.0. The van der Waals surface area contributed by atoms with Crippen molar-refractivity contribution in [2.24, 2.45) is 0 Å². The van der Waals surface area contributed by atoms with Gasteiger partial charge in [0.15, 0.2) is 0 Å². The van der Waals surface area contributed by atoms with Gasteiger partial charge in [-0.2, -0.15) is 0 Å². The summed E-state index contributed by atoms with van der Waals surface area (Å²) in [4.78, 5) is 0. The van der Waals surface area contributed by atoms with Crippen LogP contribution in [0.15, 0.2) is 42.5 Å². The summed E-state index contributed by atoms with van der Waals surface area (Å²) in [5.41, 5.74) is 2.37.